The van der Waals surface area contributed by atoms with Crippen LogP contribution in [0.15, 0.2) is 58.6 Å². The molecule has 0 fully saturated rings. The van der Waals surface area contributed by atoms with Crippen molar-refractivity contribution in [3.63, 3.8) is 0 Å². The van der Waals surface area contributed by atoms with Gasteiger partial charge in [-0.05, 0) is 43.9 Å². The number of rotatable bonds is 3. The van der Waals surface area contributed by atoms with Gasteiger partial charge in [-0.25, -0.2) is 4.79 Å². The fourth-order valence-electron chi connectivity index (χ4n) is 3.04. The largest absolute Gasteiger partial charge is 0.476 e. The second kappa shape index (κ2) is 8.42. The number of carbonyl (C=O) groups is 1. The molecule has 5 heteroatoms. The van der Waals surface area contributed by atoms with Gasteiger partial charge in [-0.2, -0.15) is 0 Å². The van der Waals surface area contributed by atoms with Crippen LogP contribution in [0.3, 0.4) is 0 Å². The van der Waals surface area contributed by atoms with Crippen molar-refractivity contribution >= 4 is 12.0 Å². The Kier molecular flexibility index (Phi) is 5.99. The lowest BCUT2D eigenvalue weighted by molar-refractivity contribution is 0.0266. The van der Waals surface area contributed by atoms with E-state index in [1.54, 1.807) is 4.90 Å². The lowest BCUT2D eigenvalue weighted by Crippen LogP contribution is -2.39. The molecule has 0 spiro atoms. The smallest absolute Gasteiger partial charge is 0.410 e. The molecule has 0 aliphatic carbocycles. The molecular formula is C22H28N2O3. The number of dihydropyridines is 1. The van der Waals surface area contributed by atoms with Crippen molar-refractivity contribution < 1.29 is 14.3 Å². The van der Waals surface area contributed by atoms with Crippen molar-refractivity contribution in [1.82, 2.24) is 4.90 Å². The van der Waals surface area contributed by atoms with Crippen LogP contribution in [0, 0.1) is 0 Å². The molecule has 0 saturated heterocycles. The minimum absolute atomic E-state index is 0.245. The Hall–Kier alpha value is -2.56. The maximum absolute atomic E-state index is 12.1. The lowest BCUT2D eigenvalue weighted by Gasteiger charge is -2.30. The molecule has 3 rings (SSSR count). The third-order valence-corrected chi connectivity index (χ3v) is 4.47. The lowest BCUT2D eigenvalue weighted by atomic mass is 9.97. The first-order chi connectivity index (χ1) is 12.9. The number of hydrogen-bond donors (Lipinski definition) is 0. The molecule has 144 valence electrons. The van der Waals surface area contributed by atoms with Crippen LogP contribution in [-0.4, -0.2) is 42.1 Å². The molecule has 2 aliphatic heterocycles. The van der Waals surface area contributed by atoms with Gasteiger partial charge in [-0.3, -0.25) is 4.99 Å². The molecule has 0 aromatic heterocycles. The normalized spacial score (nSPS) is 17.6. The molecule has 1 amide bonds. The van der Waals surface area contributed by atoms with Crippen LogP contribution >= 0.6 is 0 Å². The molecular weight excluding hydrogens is 340 g/mol. The summed E-state index contributed by atoms with van der Waals surface area (Å²) in [6, 6.07) is 10.1. The van der Waals surface area contributed by atoms with Gasteiger partial charge in [0.2, 0.25) is 0 Å². The molecule has 0 atom stereocenters. The van der Waals surface area contributed by atoms with Gasteiger partial charge in [0.05, 0.1) is 6.54 Å². The van der Waals surface area contributed by atoms with E-state index in [1.165, 1.54) is 11.1 Å². The highest BCUT2D eigenvalue weighted by atomic mass is 16.6. The van der Waals surface area contributed by atoms with E-state index < -0.39 is 5.60 Å². The fourth-order valence-corrected chi connectivity index (χ4v) is 3.04. The second-order valence-electron chi connectivity index (χ2n) is 7.82. The standard InChI is InChI=1S/C22H28N2O3/c1-22(2,3)27-21(25)24-13-11-18(12-14-24)19-9-10-20(23-15-19)26-16-17-7-5-4-6-8-17/h4-9,11H,10,12-16H2,1-3H3. The molecule has 1 aromatic rings. The molecule has 0 bridgehead atoms. The highest BCUT2D eigenvalue weighted by Gasteiger charge is 2.24. The van der Waals surface area contributed by atoms with E-state index >= 15 is 0 Å². The highest BCUT2D eigenvalue weighted by Crippen LogP contribution is 2.23. The van der Waals surface area contributed by atoms with E-state index in [1.807, 2.05) is 51.1 Å². The summed E-state index contributed by atoms with van der Waals surface area (Å²) in [6.07, 6.45) is 5.62. The van der Waals surface area contributed by atoms with Crippen molar-refractivity contribution in [2.45, 2.75) is 45.8 Å². The first-order valence-electron chi connectivity index (χ1n) is 9.47. The van der Waals surface area contributed by atoms with Crippen molar-refractivity contribution in [1.29, 1.82) is 0 Å². The summed E-state index contributed by atoms with van der Waals surface area (Å²) >= 11 is 0. The summed E-state index contributed by atoms with van der Waals surface area (Å²) in [7, 11) is 0. The van der Waals surface area contributed by atoms with Gasteiger partial charge in [0.25, 0.3) is 0 Å². The van der Waals surface area contributed by atoms with Crippen LogP contribution in [0.25, 0.3) is 0 Å². The minimum Gasteiger partial charge on any atom is -0.476 e. The van der Waals surface area contributed by atoms with E-state index in [2.05, 4.69) is 17.1 Å². The van der Waals surface area contributed by atoms with Gasteiger partial charge in [0, 0.05) is 19.5 Å². The first-order valence-corrected chi connectivity index (χ1v) is 9.47. The molecule has 2 heterocycles. The Balaban J connectivity index is 1.48. The molecule has 0 N–H and O–H groups in total. The van der Waals surface area contributed by atoms with E-state index in [9.17, 15) is 4.79 Å². The van der Waals surface area contributed by atoms with Gasteiger partial charge in [-0.15, -0.1) is 0 Å². The first kappa shape index (κ1) is 19.2. The number of aliphatic imine (C=N–C) groups is 1. The van der Waals surface area contributed by atoms with E-state index in [0.29, 0.717) is 26.2 Å². The van der Waals surface area contributed by atoms with Crippen LogP contribution in [0.5, 0.6) is 0 Å². The van der Waals surface area contributed by atoms with Crippen molar-refractivity contribution in [3.05, 3.63) is 59.2 Å². The van der Waals surface area contributed by atoms with Crippen molar-refractivity contribution in [3.8, 4) is 0 Å². The third-order valence-electron chi connectivity index (χ3n) is 4.47. The highest BCUT2D eigenvalue weighted by molar-refractivity contribution is 5.79. The van der Waals surface area contributed by atoms with Gasteiger partial charge in [-0.1, -0.05) is 42.5 Å². The fraction of sp³-hybridized carbons (Fsp3) is 0.455. The average Bonchev–Trinajstić information content (AvgIpc) is 2.66. The van der Waals surface area contributed by atoms with E-state index in [-0.39, 0.29) is 6.09 Å². The zero-order valence-corrected chi connectivity index (χ0v) is 16.4. The number of carbonyl (C=O) groups excluding carboxylic acids is 1. The van der Waals surface area contributed by atoms with Gasteiger partial charge in [0.15, 0.2) is 5.90 Å². The number of hydrogen-bond acceptors (Lipinski definition) is 4. The number of benzene rings is 1. The van der Waals surface area contributed by atoms with Crippen molar-refractivity contribution in [2.24, 2.45) is 4.99 Å². The number of nitrogens with zero attached hydrogens (tertiary/aromatic N) is 2. The Bertz CT molecular complexity index is 758. The Morgan fingerprint density at radius 2 is 1.93 bits per heavy atom. The average molecular weight is 368 g/mol. The predicted octanol–water partition coefficient (Wildman–Crippen LogP) is 4.50. The summed E-state index contributed by atoms with van der Waals surface area (Å²) in [4.78, 5) is 18.5. The zero-order chi connectivity index (χ0) is 19.3. The molecule has 0 saturated carbocycles. The summed E-state index contributed by atoms with van der Waals surface area (Å²) in [5.41, 5.74) is 3.21. The monoisotopic (exact) mass is 368 g/mol. The third kappa shape index (κ3) is 5.71. The van der Waals surface area contributed by atoms with E-state index in [4.69, 9.17) is 9.47 Å². The van der Waals surface area contributed by atoms with Gasteiger partial charge in [0.1, 0.15) is 12.2 Å². The zero-order valence-electron chi connectivity index (χ0n) is 16.4. The van der Waals surface area contributed by atoms with Crippen LogP contribution in [0.1, 0.15) is 39.2 Å². The summed E-state index contributed by atoms with van der Waals surface area (Å²) in [6.45, 7) is 8.12. The molecule has 27 heavy (non-hydrogen) atoms. The number of ether oxygens (including phenoxy) is 2. The number of amides is 1. The topological polar surface area (TPSA) is 51.1 Å². The molecule has 0 unspecified atom stereocenters. The predicted molar refractivity (Wildman–Crippen MR) is 107 cm³/mol. The van der Waals surface area contributed by atoms with Crippen LogP contribution < -0.4 is 0 Å². The summed E-state index contributed by atoms with van der Waals surface area (Å²) in [5.74, 6) is 0.786. The van der Waals surface area contributed by atoms with Gasteiger partial charge < -0.3 is 14.4 Å². The summed E-state index contributed by atoms with van der Waals surface area (Å²) in [5, 5.41) is 0. The molecule has 1 aromatic carbocycles. The maximum atomic E-state index is 12.1. The second-order valence-corrected chi connectivity index (χ2v) is 7.82. The van der Waals surface area contributed by atoms with Crippen LogP contribution in [0.4, 0.5) is 4.79 Å². The van der Waals surface area contributed by atoms with Crippen molar-refractivity contribution in [2.75, 3.05) is 19.6 Å². The quantitative estimate of drug-likeness (QED) is 0.789. The molecule has 0 radical (unpaired) electrons. The van der Waals surface area contributed by atoms with E-state index in [0.717, 1.165) is 24.3 Å². The molecule has 5 nitrogen and oxygen atoms in total. The SMILES string of the molecule is CC(C)(C)OC(=O)N1CC=C(C2=CCC(OCc3ccccc3)=NC2)CC1. The minimum atomic E-state index is -0.460. The Morgan fingerprint density at radius 1 is 1.15 bits per heavy atom. The van der Waals surface area contributed by atoms with Crippen LogP contribution in [0.2, 0.25) is 0 Å². The summed E-state index contributed by atoms with van der Waals surface area (Å²) < 4.78 is 11.3. The Labute approximate surface area is 161 Å². The van der Waals surface area contributed by atoms with Gasteiger partial charge >= 0.3 is 6.09 Å². The Morgan fingerprint density at radius 3 is 2.52 bits per heavy atom. The maximum Gasteiger partial charge on any atom is 0.410 e. The molecule has 2 aliphatic rings. The van der Waals surface area contributed by atoms with Crippen LogP contribution in [-0.2, 0) is 16.1 Å².